The minimum atomic E-state index is -0.0424. The van der Waals surface area contributed by atoms with Crippen molar-refractivity contribution in [3.8, 4) is 5.75 Å². The third-order valence-electron chi connectivity index (χ3n) is 4.31. The summed E-state index contributed by atoms with van der Waals surface area (Å²) in [6, 6.07) is 10.7. The highest BCUT2D eigenvalue weighted by Gasteiger charge is 2.25. The maximum atomic E-state index is 12.5. The van der Waals surface area contributed by atoms with E-state index in [-0.39, 0.29) is 12.5 Å². The van der Waals surface area contributed by atoms with Crippen molar-refractivity contribution < 1.29 is 18.8 Å². The van der Waals surface area contributed by atoms with Gasteiger partial charge in [0.1, 0.15) is 18.1 Å². The topological polar surface area (TPSA) is 47.1 Å². The van der Waals surface area contributed by atoms with Crippen LogP contribution >= 0.6 is 11.6 Å². The number of nitrogens with zero attached hydrogens (tertiary/aromatic N) is 1. The van der Waals surface area contributed by atoms with Crippen LogP contribution < -0.4 is 9.64 Å². The Bertz CT molecular complexity index is 693. The van der Waals surface area contributed by atoms with Crippen molar-refractivity contribution in [2.75, 3.05) is 32.7 Å². The van der Waals surface area contributed by atoms with Gasteiger partial charge in [-0.1, -0.05) is 17.7 Å². The number of ether oxygens (including phenoxy) is 1. The second-order valence-electron chi connectivity index (χ2n) is 5.91. The summed E-state index contributed by atoms with van der Waals surface area (Å²) in [5.41, 5.74) is 0. The van der Waals surface area contributed by atoms with Gasteiger partial charge in [-0.25, -0.2) is 0 Å². The second-order valence-corrected chi connectivity index (χ2v) is 6.34. The lowest BCUT2D eigenvalue weighted by Crippen LogP contribution is -3.14. The van der Waals surface area contributed by atoms with E-state index in [0.717, 1.165) is 32.7 Å². The standard InChI is InChI=1S/C18H21ClN2O3/c1-2-20-8-10-21(11-9-20)18(22)17-7-6-16(24-17)13-23-15-5-3-4-14(19)12-15/h3-7,12H,2,8-11,13H2,1H3/p+1. The molecule has 128 valence electrons. The van der Waals surface area contributed by atoms with E-state index < -0.39 is 0 Å². The van der Waals surface area contributed by atoms with Gasteiger partial charge in [-0.15, -0.1) is 0 Å². The van der Waals surface area contributed by atoms with E-state index in [1.54, 1.807) is 24.3 Å². The van der Waals surface area contributed by atoms with Crippen LogP contribution in [0, 0.1) is 0 Å². The third kappa shape index (κ3) is 4.10. The minimum absolute atomic E-state index is 0.0424. The van der Waals surface area contributed by atoms with Gasteiger partial charge in [0.05, 0.1) is 32.7 Å². The number of hydrogen-bond donors (Lipinski definition) is 1. The molecular weight excluding hydrogens is 328 g/mol. The molecule has 0 bridgehead atoms. The summed E-state index contributed by atoms with van der Waals surface area (Å²) < 4.78 is 11.3. The van der Waals surface area contributed by atoms with Crippen molar-refractivity contribution in [1.82, 2.24) is 4.90 Å². The second kappa shape index (κ2) is 7.73. The first-order valence-corrected chi connectivity index (χ1v) is 8.63. The van der Waals surface area contributed by atoms with Crippen molar-refractivity contribution in [1.29, 1.82) is 0 Å². The Hall–Kier alpha value is -1.98. The van der Waals surface area contributed by atoms with E-state index in [4.69, 9.17) is 20.8 Å². The molecule has 0 atom stereocenters. The van der Waals surface area contributed by atoms with Crippen LogP contribution in [0.15, 0.2) is 40.8 Å². The van der Waals surface area contributed by atoms with Gasteiger partial charge in [0.25, 0.3) is 5.91 Å². The highest BCUT2D eigenvalue weighted by Crippen LogP contribution is 2.19. The molecular formula is C18H22ClN2O3+. The Kier molecular flexibility index (Phi) is 5.43. The lowest BCUT2D eigenvalue weighted by atomic mass is 10.3. The van der Waals surface area contributed by atoms with Gasteiger partial charge in [0, 0.05) is 5.02 Å². The monoisotopic (exact) mass is 349 g/mol. The summed E-state index contributed by atoms with van der Waals surface area (Å²) >= 11 is 5.92. The number of benzene rings is 1. The molecule has 2 heterocycles. The number of hydrogen-bond acceptors (Lipinski definition) is 3. The predicted molar refractivity (Wildman–Crippen MR) is 91.6 cm³/mol. The van der Waals surface area contributed by atoms with Crippen molar-refractivity contribution >= 4 is 17.5 Å². The van der Waals surface area contributed by atoms with Gasteiger partial charge in [0.2, 0.25) is 0 Å². The molecule has 1 fully saturated rings. The number of piperazine rings is 1. The van der Waals surface area contributed by atoms with E-state index >= 15 is 0 Å². The average molecular weight is 350 g/mol. The lowest BCUT2D eigenvalue weighted by Gasteiger charge is -2.31. The zero-order valence-corrected chi connectivity index (χ0v) is 14.5. The number of amides is 1. The van der Waals surface area contributed by atoms with Gasteiger partial charge in [-0.05, 0) is 37.3 Å². The van der Waals surface area contributed by atoms with Crippen LogP contribution in [0.4, 0.5) is 0 Å². The van der Waals surface area contributed by atoms with E-state index in [1.165, 1.54) is 4.90 Å². The lowest BCUT2D eigenvalue weighted by molar-refractivity contribution is -0.902. The van der Waals surface area contributed by atoms with Crippen LogP contribution in [0.1, 0.15) is 23.2 Å². The molecule has 1 amide bonds. The first-order chi connectivity index (χ1) is 11.7. The summed E-state index contributed by atoms with van der Waals surface area (Å²) in [5, 5.41) is 0.621. The van der Waals surface area contributed by atoms with Gasteiger partial charge >= 0.3 is 0 Å². The third-order valence-corrected chi connectivity index (χ3v) is 4.54. The van der Waals surface area contributed by atoms with E-state index in [0.29, 0.717) is 22.3 Å². The van der Waals surface area contributed by atoms with Gasteiger partial charge in [-0.3, -0.25) is 4.79 Å². The molecule has 1 N–H and O–H groups in total. The summed E-state index contributed by atoms with van der Waals surface area (Å²) in [5.74, 6) is 1.63. The summed E-state index contributed by atoms with van der Waals surface area (Å²) in [4.78, 5) is 15.9. The number of likely N-dealkylation sites (N-methyl/N-ethyl adjacent to an activating group) is 1. The van der Waals surface area contributed by atoms with Crippen LogP contribution in [0.3, 0.4) is 0 Å². The fourth-order valence-electron chi connectivity index (χ4n) is 2.82. The number of quaternary nitrogens is 1. The first kappa shape index (κ1) is 16.9. The zero-order valence-electron chi connectivity index (χ0n) is 13.8. The van der Waals surface area contributed by atoms with Gasteiger partial charge < -0.3 is 19.0 Å². The van der Waals surface area contributed by atoms with Crippen molar-refractivity contribution in [3.05, 3.63) is 52.9 Å². The molecule has 24 heavy (non-hydrogen) atoms. The minimum Gasteiger partial charge on any atom is -0.486 e. The van der Waals surface area contributed by atoms with Crippen molar-refractivity contribution in [2.45, 2.75) is 13.5 Å². The molecule has 1 aromatic heterocycles. The normalized spacial score (nSPS) is 15.5. The van der Waals surface area contributed by atoms with Gasteiger partial charge in [0.15, 0.2) is 5.76 Å². The molecule has 6 heteroatoms. The van der Waals surface area contributed by atoms with Crippen molar-refractivity contribution in [2.24, 2.45) is 0 Å². The summed E-state index contributed by atoms with van der Waals surface area (Å²) in [6.45, 7) is 7.08. The number of carbonyl (C=O) groups is 1. The molecule has 0 aliphatic carbocycles. The number of halogens is 1. The van der Waals surface area contributed by atoms with Gasteiger partial charge in [-0.2, -0.15) is 0 Å². The maximum Gasteiger partial charge on any atom is 0.289 e. The van der Waals surface area contributed by atoms with Crippen LogP contribution in [0.2, 0.25) is 5.02 Å². The largest absolute Gasteiger partial charge is 0.486 e. The molecule has 1 aromatic carbocycles. The Morgan fingerprint density at radius 1 is 1.29 bits per heavy atom. The Morgan fingerprint density at radius 2 is 2.08 bits per heavy atom. The van der Waals surface area contributed by atoms with Crippen LogP contribution in [-0.4, -0.2) is 43.5 Å². The molecule has 3 rings (SSSR count). The molecule has 1 aliphatic rings. The molecule has 1 saturated heterocycles. The number of carbonyl (C=O) groups excluding carboxylic acids is 1. The molecule has 1 aliphatic heterocycles. The molecule has 5 nitrogen and oxygen atoms in total. The van der Waals surface area contributed by atoms with E-state index in [1.807, 2.05) is 17.0 Å². The number of rotatable bonds is 5. The molecule has 2 aromatic rings. The summed E-state index contributed by atoms with van der Waals surface area (Å²) in [6.07, 6.45) is 0. The molecule has 0 spiro atoms. The average Bonchev–Trinajstić information content (AvgIpc) is 3.08. The molecule has 0 unspecified atom stereocenters. The fourth-order valence-corrected chi connectivity index (χ4v) is 3.00. The van der Waals surface area contributed by atoms with Crippen LogP contribution in [0.5, 0.6) is 5.75 Å². The quantitative estimate of drug-likeness (QED) is 0.896. The Labute approximate surface area is 146 Å². The number of furan rings is 1. The highest BCUT2D eigenvalue weighted by molar-refractivity contribution is 6.30. The maximum absolute atomic E-state index is 12.5. The van der Waals surface area contributed by atoms with E-state index in [2.05, 4.69) is 6.92 Å². The predicted octanol–water partition coefficient (Wildman–Crippen LogP) is 1.87. The van der Waals surface area contributed by atoms with E-state index in [9.17, 15) is 4.79 Å². The molecule has 0 radical (unpaired) electrons. The van der Waals surface area contributed by atoms with Crippen molar-refractivity contribution in [3.63, 3.8) is 0 Å². The fraction of sp³-hybridized carbons (Fsp3) is 0.389. The Balaban J connectivity index is 1.56. The van der Waals surface area contributed by atoms with Crippen LogP contribution in [0.25, 0.3) is 0 Å². The zero-order chi connectivity index (χ0) is 16.9. The smallest absolute Gasteiger partial charge is 0.289 e. The highest BCUT2D eigenvalue weighted by atomic mass is 35.5. The SMILES string of the molecule is CC[NH+]1CCN(C(=O)c2ccc(COc3cccc(Cl)c3)o2)CC1. The van der Waals surface area contributed by atoms with Crippen LogP contribution in [-0.2, 0) is 6.61 Å². The Morgan fingerprint density at radius 3 is 2.79 bits per heavy atom. The summed E-state index contributed by atoms with van der Waals surface area (Å²) in [7, 11) is 0. The number of nitrogens with one attached hydrogen (secondary N) is 1. The molecule has 0 saturated carbocycles. The first-order valence-electron chi connectivity index (χ1n) is 8.25.